The fraction of sp³-hybridized carbons (Fsp3) is 0.647. The second-order valence-electron chi connectivity index (χ2n) is 5.70. The lowest BCUT2D eigenvalue weighted by atomic mass is 10.0. The maximum atomic E-state index is 5.98. The van der Waals surface area contributed by atoms with Gasteiger partial charge in [0.15, 0.2) is 0 Å². The van der Waals surface area contributed by atoms with E-state index in [0.29, 0.717) is 6.04 Å². The summed E-state index contributed by atoms with van der Waals surface area (Å²) in [6, 6.07) is 8.98. The molecule has 19 heavy (non-hydrogen) atoms. The van der Waals surface area contributed by atoms with Crippen LogP contribution < -0.4 is 10.1 Å². The van der Waals surface area contributed by atoms with Crippen LogP contribution in [0.1, 0.15) is 65.5 Å². The highest BCUT2D eigenvalue weighted by Gasteiger charge is 2.17. The Balaban J connectivity index is 2.69. The monoisotopic (exact) mass is 263 g/mol. The third-order valence-corrected chi connectivity index (χ3v) is 3.58. The van der Waals surface area contributed by atoms with Gasteiger partial charge in [0, 0.05) is 6.04 Å². The summed E-state index contributed by atoms with van der Waals surface area (Å²) in [6.07, 6.45) is 3.29. The zero-order valence-corrected chi connectivity index (χ0v) is 13.1. The smallest absolute Gasteiger partial charge is 0.120 e. The SMILES string of the molecule is CCCNC(CC)c1ccc(OC(C)(C)CC)cc1. The predicted octanol–water partition coefficient (Wildman–Crippen LogP) is 4.70. The number of benzene rings is 1. The van der Waals surface area contributed by atoms with Crippen LogP contribution in [-0.2, 0) is 0 Å². The Labute approximate surface area is 118 Å². The highest BCUT2D eigenvalue weighted by atomic mass is 16.5. The number of hydrogen-bond donors (Lipinski definition) is 1. The molecule has 0 radical (unpaired) electrons. The third-order valence-electron chi connectivity index (χ3n) is 3.58. The zero-order valence-electron chi connectivity index (χ0n) is 13.1. The standard InChI is InChI=1S/C17H29NO/c1-6-13-18-16(7-2)14-9-11-15(12-10-14)19-17(4,5)8-3/h9-12,16,18H,6-8,13H2,1-5H3. The van der Waals surface area contributed by atoms with Gasteiger partial charge in [-0.2, -0.15) is 0 Å². The lowest BCUT2D eigenvalue weighted by Crippen LogP contribution is -2.26. The summed E-state index contributed by atoms with van der Waals surface area (Å²) < 4.78 is 5.98. The molecule has 1 N–H and O–H groups in total. The fourth-order valence-electron chi connectivity index (χ4n) is 1.98. The molecule has 0 fully saturated rings. The molecular formula is C17H29NO. The molecule has 1 aromatic rings. The van der Waals surface area contributed by atoms with Gasteiger partial charge in [0.1, 0.15) is 11.4 Å². The number of nitrogens with one attached hydrogen (secondary N) is 1. The van der Waals surface area contributed by atoms with Gasteiger partial charge in [-0.15, -0.1) is 0 Å². The van der Waals surface area contributed by atoms with E-state index in [9.17, 15) is 0 Å². The van der Waals surface area contributed by atoms with Gasteiger partial charge < -0.3 is 10.1 Å². The van der Waals surface area contributed by atoms with Crippen LogP contribution in [0.25, 0.3) is 0 Å². The van der Waals surface area contributed by atoms with Gasteiger partial charge >= 0.3 is 0 Å². The Hall–Kier alpha value is -1.02. The number of rotatable bonds is 8. The summed E-state index contributed by atoms with van der Waals surface area (Å²) in [6.45, 7) is 11.9. The normalized spacial score (nSPS) is 13.3. The molecule has 0 aromatic heterocycles. The minimum atomic E-state index is -0.0911. The van der Waals surface area contributed by atoms with Crippen LogP contribution in [0.5, 0.6) is 5.75 Å². The molecule has 0 aliphatic carbocycles. The molecule has 1 atom stereocenters. The summed E-state index contributed by atoms with van der Waals surface area (Å²) >= 11 is 0. The maximum Gasteiger partial charge on any atom is 0.120 e. The van der Waals surface area contributed by atoms with Crippen molar-refractivity contribution in [2.75, 3.05) is 6.54 Å². The molecule has 0 amide bonds. The first-order valence-corrected chi connectivity index (χ1v) is 7.54. The first kappa shape index (κ1) is 16.0. The summed E-state index contributed by atoms with van der Waals surface area (Å²) in [5.74, 6) is 0.959. The number of ether oxygens (including phenoxy) is 1. The van der Waals surface area contributed by atoms with Gasteiger partial charge in [-0.05, 0) is 57.4 Å². The van der Waals surface area contributed by atoms with Crippen molar-refractivity contribution in [3.63, 3.8) is 0 Å². The van der Waals surface area contributed by atoms with Crippen LogP contribution in [0.4, 0.5) is 0 Å². The van der Waals surface area contributed by atoms with Gasteiger partial charge in [-0.1, -0.05) is 32.9 Å². The fourth-order valence-corrected chi connectivity index (χ4v) is 1.98. The summed E-state index contributed by atoms with van der Waals surface area (Å²) in [4.78, 5) is 0. The van der Waals surface area contributed by atoms with Gasteiger partial charge in [-0.3, -0.25) is 0 Å². The van der Waals surface area contributed by atoms with Gasteiger partial charge in [0.25, 0.3) is 0 Å². The lowest BCUT2D eigenvalue weighted by Gasteiger charge is -2.25. The van der Waals surface area contributed by atoms with Crippen LogP contribution in [0.3, 0.4) is 0 Å². The summed E-state index contributed by atoms with van der Waals surface area (Å²) in [5.41, 5.74) is 1.25. The van der Waals surface area contributed by atoms with Crippen molar-refractivity contribution < 1.29 is 4.74 Å². The quantitative estimate of drug-likeness (QED) is 0.733. The molecule has 0 saturated heterocycles. The molecule has 1 unspecified atom stereocenters. The maximum absolute atomic E-state index is 5.98. The molecule has 1 aromatic carbocycles. The largest absolute Gasteiger partial charge is 0.488 e. The van der Waals surface area contributed by atoms with Gasteiger partial charge in [0.2, 0.25) is 0 Å². The first-order chi connectivity index (χ1) is 9.02. The minimum Gasteiger partial charge on any atom is -0.488 e. The Kier molecular flexibility index (Phi) is 6.36. The van der Waals surface area contributed by atoms with E-state index in [-0.39, 0.29) is 5.60 Å². The van der Waals surface area contributed by atoms with Crippen molar-refractivity contribution in [1.82, 2.24) is 5.32 Å². The Morgan fingerprint density at radius 1 is 1.11 bits per heavy atom. The van der Waals surface area contributed by atoms with Crippen molar-refractivity contribution in [3.8, 4) is 5.75 Å². The zero-order chi connectivity index (χ0) is 14.3. The average Bonchev–Trinajstić information content (AvgIpc) is 2.41. The molecule has 1 rings (SSSR count). The Morgan fingerprint density at radius 3 is 2.21 bits per heavy atom. The van der Waals surface area contributed by atoms with Gasteiger partial charge in [-0.25, -0.2) is 0 Å². The minimum absolute atomic E-state index is 0.0911. The van der Waals surface area contributed by atoms with E-state index in [2.05, 4.69) is 64.2 Å². The van der Waals surface area contributed by atoms with Crippen molar-refractivity contribution in [2.45, 2.75) is 65.5 Å². The summed E-state index contributed by atoms with van der Waals surface area (Å²) in [7, 11) is 0. The van der Waals surface area contributed by atoms with E-state index in [0.717, 1.165) is 25.1 Å². The van der Waals surface area contributed by atoms with Crippen molar-refractivity contribution in [2.24, 2.45) is 0 Å². The molecule has 0 spiro atoms. The van der Waals surface area contributed by atoms with E-state index >= 15 is 0 Å². The van der Waals surface area contributed by atoms with Crippen LogP contribution in [0, 0.1) is 0 Å². The van der Waals surface area contributed by atoms with E-state index in [4.69, 9.17) is 4.74 Å². The molecule has 2 heteroatoms. The topological polar surface area (TPSA) is 21.3 Å². The van der Waals surface area contributed by atoms with Crippen LogP contribution in [0.15, 0.2) is 24.3 Å². The van der Waals surface area contributed by atoms with Crippen LogP contribution >= 0.6 is 0 Å². The summed E-state index contributed by atoms with van der Waals surface area (Å²) in [5, 5.41) is 3.57. The Bertz CT molecular complexity index is 356. The first-order valence-electron chi connectivity index (χ1n) is 7.54. The second-order valence-corrected chi connectivity index (χ2v) is 5.70. The van der Waals surface area contributed by atoms with E-state index < -0.39 is 0 Å². The molecule has 0 aliphatic rings. The molecule has 0 heterocycles. The molecule has 0 saturated carbocycles. The molecule has 0 aliphatic heterocycles. The molecular weight excluding hydrogens is 234 g/mol. The Morgan fingerprint density at radius 2 is 1.74 bits per heavy atom. The highest BCUT2D eigenvalue weighted by molar-refractivity contribution is 5.29. The molecule has 2 nitrogen and oxygen atoms in total. The van der Waals surface area contributed by atoms with E-state index in [1.54, 1.807) is 0 Å². The third kappa shape index (κ3) is 5.23. The van der Waals surface area contributed by atoms with Crippen LogP contribution in [0.2, 0.25) is 0 Å². The molecule has 0 bridgehead atoms. The van der Waals surface area contributed by atoms with Gasteiger partial charge in [0.05, 0.1) is 0 Å². The second kappa shape index (κ2) is 7.54. The van der Waals surface area contributed by atoms with Crippen molar-refractivity contribution in [3.05, 3.63) is 29.8 Å². The van der Waals surface area contributed by atoms with E-state index in [1.165, 1.54) is 12.0 Å². The lowest BCUT2D eigenvalue weighted by molar-refractivity contribution is 0.105. The highest BCUT2D eigenvalue weighted by Crippen LogP contribution is 2.24. The van der Waals surface area contributed by atoms with E-state index in [1.807, 2.05) is 0 Å². The van der Waals surface area contributed by atoms with Crippen molar-refractivity contribution in [1.29, 1.82) is 0 Å². The average molecular weight is 263 g/mol. The van der Waals surface area contributed by atoms with Crippen LogP contribution in [-0.4, -0.2) is 12.1 Å². The van der Waals surface area contributed by atoms with Crippen molar-refractivity contribution >= 4 is 0 Å². The predicted molar refractivity (Wildman–Crippen MR) is 82.8 cm³/mol. The number of hydrogen-bond acceptors (Lipinski definition) is 2. The molecule has 108 valence electrons.